The zero-order valence-corrected chi connectivity index (χ0v) is 17.1. The van der Waals surface area contributed by atoms with Gasteiger partial charge in [0.25, 0.3) is 5.56 Å². The molecule has 1 N–H and O–H groups in total. The second kappa shape index (κ2) is 8.23. The Labute approximate surface area is 170 Å². The summed E-state index contributed by atoms with van der Waals surface area (Å²) in [7, 11) is 0. The van der Waals surface area contributed by atoms with Gasteiger partial charge in [0.1, 0.15) is 5.52 Å². The Kier molecular flexibility index (Phi) is 5.51. The zero-order chi connectivity index (χ0) is 20.4. The fraction of sp³-hybridized carbons (Fsp3) is 0.435. The predicted octanol–water partition coefficient (Wildman–Crippen LogP) is 3.20. The lowest BCUT2D eigenvalue weighted by Gasteiger charge is -2.10. The van der Waals surface area contributed by atoms with Gasteiger partial charge in [-0.25, -0.2) is 4.52 Å². The Balaban J connectivity index is 1.38. The second-order valence-corrected chi connectivity index (χ2v) is 8.15. The summed E-state index contributed by atoms with van der Waals surface area (Å²) >= 11 is 0. The molecule has 4 rings (SSSR count). The molecule has 0 spiro atoms. The van der Waals surface area contributed by atoms with Crippen LogP contribution in [0.15, 0.2) is 41.5 Å². The number of carbonyl (C=O) groups excluding carboxylic acids is 1. The van der Waals surface area contributed by atoms with Gasteiger partial charge in [-0.15, -0.1) is 0 Å². The molecule has 2 aromatic heterocycles. The predicted molar refractivity (Wildman–Crippen MR) is 113 cm³/mol. The maximum absolute atomic E-state index is 12.9. The minimum atomic E-state index is -0.0553. The molecule has 1 amide bonds. The standard InChI is InChI=1S/C23H28N4O2/c1-16(2)18-9-7-17(8-10-18)15-24-21(28)11-12-26-13-14-27-22(23(26)29)19-5-3-4-6-20(19)25-27/h7-10,13-14,16H,3-6,11-12,15H2,1-2H3,(H,24,28). The van der Waals surface area contributed by atoms with Crippen LogP contribution in [0.4, 0.5) is 0 Å². The smallest absolute Gasteiger partial charge is 0.276 e. The highest BCUT2D eigenvalue weighted by atomic mass is 16.2. The molecule has 1 aromatic carbocycles. The minimum Gasteiger partial charge on any atom is -0.352 e. The lowest BCUT2D eigenvalue weighted by atomic mass is 9.97. The van der Waals surface area contributed by atoms with Crippen LogP contribution >= 0.6 is 0 Å². The van der Waals surface area contributed by atoms with Crippen LogP contribution in [0.25, 0.3) is 5.52 Å². The Bertz CT molecular complexity index is 1080. The van der Waals surface area contributed by atoms with Gasteiger partial charge in [-0.05, 0) is 42.7 Å². The largest absolute Gasteiger partial charge is 0.352 e. The van der Waals surface area contributed by atoms with Gasteiger partial charge >= 0.3 is 0 Å². The Morgan fingerprint density at radius 3 is 2.66 bits per heavy atom. The van der Waals surface area contributed by atoms with E-state index in [2.05, 4.69) is 48.5 Å². The van der Waals surface area contributed by atoms with Crippen LogP contribution in [0.2, 0.25) is 0 Å². The summed E-state index contributed by atoms with van der Waals surface area (Å²) < 4.78 is 3.33. The first kappa shape index (κ1) is 19.4. The SMILES string of the molecule is CC(C)c1ccc(CNC(=O)CCn2ccn3nc4c(c3c2=O)CCCC4)cc1. The Hall–Kier alpha value is -2.89. The summed E-state index contributed by atoms with van der Waals surface area (Å²) in [6.45, 7) is 5.19. The van der Waals surface area contributed by atoms with Gasteiger partial charge in [-0.1, -0.05) is 38.1 Å². The third-order valence-corrected chi connectivity index (χ3v) is 5.75. The topological polar surface area (TPSA) is 68.4 Å². The summed E-state index contributed by atoms with van der Waals surface area (Å²) in [5.41, 5.74) is 5.12. The van der Waals surface area contributed by atoms with Gasteiger partial charge in [0.2, 0.25) is 5.91 Å². The van der Waals surface area contributed by atoms with Crippen molar-refractivity contribution < 1.29 is 4.79 Å². The van der Waals surface area contributed by atoms with E-state index in [1.54, 1.807) is 15.3 Å². The van der Waals surface area contributed by atoms with Gasteiger partial charge in [0.05, 0.1) is 5.69 Å². The fourth-order valence-electron chi connectivity index (χ4n) is 3.96. The number of rotatable bonds is 6. The van der Waals surface area contributed by atoms with Gasteiger partial charge in [0.15, 0.2) is 0 Å². The molecular formula is C23H28N4O2. The van der Waals surface area contributed by atoms with Gasteiger partial charge in [0, 0.05) is 37.5 Å². The number of benzene rings is 1. The number of nitrogens with zero attached hydrogens (tertiary/aromatic N) is 3. The molecule has 152 valence electrons. The summed E-state index contributed by atoms with van der Waals surface area (Å²) in [5.74, 6) is 0.441. The number of hydrogen-bond acceptors (Lipinski definition) is 3. The fourth-order valence-corrected chi connectivity index (χ4v) is 3.96. The van der Waals surface area contributed by atoms with Crippen molar-refractivity contribution >= 4 is 11.4 Å². The van der Waals surface area contributed by atoms with E-state index in [0.717, 1.165) is 42.5 Å². The molecule has 6 nitrogen and oxygen atoms in total. The second-order valence-electron chi connectivity index (χ2n) is 8.15. The van der Waals surface area contributed by atoms with E-state index in [4.69, 9.17) is 0 Å². The highest BCUT2D eigenvalue weighted by molar-refractivity contribution is 5.75. The van der Waals surface area contributed by atoms with Crippen LogP contribution in [0.1, 0.15) is 61.4 Å². The summed E-state index contributed by atoms with van der Waals surface area (Å²) in [6.07, 6.45) is 7.91. The van der Waals surface area contributed by atoms with Gasteiger partial charge in [-0.2, -0.15) is 5.10 Å². The van der Waals surface area contributed by atoms with Crippen LogP contribution in [0.5, 0.6) is 0 Å². The molecule has 6 heteroatoms. The van der Waals surface area contributed by atoms with Crippen molar-refractivity contribution in [2.45, 2.75) is 65.0 Å². The van der Waals surface area contributed by atoms with E-state index in [1.165, 1.54) is 5.56 Å². The average molecular weight is 393 g/mol. The lowest BCUT2D eigenvalue weighted by Crippen LogP contribution is -2.27. The zero-order valence-electron chi connectivity index (χ0n) is 17.1. The summed E-state index contributed by atoms with van der Waals surface area (Å²) in [5, 5.41) is 7.50. The molecule has 0 saturated carbocycles. The third kappa shape index (κ3) is 4.11. The van der Waals surface area contributed by atoms with Crippen molar-refractivity contribution in [2.24, 2.45) is 0 Å². The number of carbonyl (C=O) groups is 1. The summed E-state index contributed by atoms with van der Waals surface area (Å²) in [4.78, 5) is 25.2. The van der Waals surface area contributed by atoms with Crippen molar-refractivity contribution in [1.82, 2.24) is 19.5 Å². The maximum Gasteiger partial charge on any atom is 0.276 e. The molecular weight excluding hydrogens is 364 g/mol. The van der Waals surface area contributed by atoms with Crippen molar-refractivity contribution in [2.75, 3.05) is 0 Å². The van der Waals surface area contributed by atoms with Crippen LogP contribution < -0.4 is 10.9 Å². The number of hydrogen-bond donors (Lipinski definition) is 1. The molecule has 0 unspecified atom stereocenters. The highest BCUT2D eigenvalue weighted by Crippen LogP contribution is 2.22. The van der Waals surface area contributed by atoms with Crippen molar-refractivity contribution in [3.63, 3.8) is 0 Å². The molecule has 0 fully saturated rings. The number of aryl methyl sites for hydroxylation is 3. The van der Waals surface area contributed by atoms with Gasteiger partial charge < -0.3 is 9.88 Å². The van der Waals surface area contributed by atoms with Crippen LogP contribution in [0.3, 0.4) is 0 Å². The average Bonchev–Trinajstić information content (AvgIpc) is 3.11. The van der Waals surface area contributed by atoms with Crippen LogP contribution in [-0.4, -0.2) is 20.1 Å². The molecule has 0 aliphatic heterocycles. The Morgan fingerprint density at radius 1 is 1.14 bits per heavy atom. The molecule has 3 aromatic rings. The normalized spacial score (nSPS) is 13.6. The van der Waals surface area contributed by atoms with E-state index >= 15 is 0 Å². The Morgan fingerprint density at radius 2 is 1.90 bits per heavy atom. The molecule has 0 saturated heterocycles. The van der Waals surface area contributed by atoms with Gasteiger partial charge in [-0.3, -0.25) is 9.59 Å². The van der Waals surface area contributed by atoms with E-state index < -0.39 is 0 Å². The number of aromatic nitrogens is 3. The van der Waals surface area contributed by atoms with Crippen LogP contribution in [0, 0.1) is 0 Å². The molecule has 1 aliphatic carbocycles. The summed E-state index contributed by atoms with van der Waals surface area (Å²) in [6, 6.07) is 8.31. The van der Waals surface area contributed by atoms with E-state index in [9.17, 15) is 9.59 Å². The lowest BCUT2D eigenvalue weighted by molar-refractivity contribution is -0.121. The quantitative estimate of drug-likeness (QED) is 0.700. The first-order chi connectivity index (χ1) is 14.0. The number of amides is 1. The van der Waals surface area contributed by atoms with Crippen LogP contribution in [-0.2, 0) is 30.7 Å². The number of nitrogens with one attached hydrogen (secondary N) is 1. The van der Waals surface area contributed by atoms with Crippen molar-refractivity contribution in [3.8, 4) is 0 Å². The molecule has 0 atom stereocenters. The monoisotopic (exact) mass is 392 g/mol. The maximum atomic E-state index is 12.9. The molecule has 0 radical (unpaired) electrons. The minimum absolute atomic E-state index is 0.0553. The van der Waals surface area contributed by atoms with E-state index in [1.807, 2.05) is 6.20 Å². The first-order valence-electron chi connectivity index (χ1n) is 10.5. The molecule has 0 bridgehead atoms. The van der Waals surface area contributed by atoms with Crippen molar-refractivity contribution in [3.05, 3.63) is 69.4 Å². The van der Waals surface area contributed by atoms with Crippen molar-refractivity contribution in [1.29, 1.82) is 0 Å². The third-order valence-electron chi connectivity index (χ3n) is 5.75. The van der Waals surface area contributed by atoms with E-state index in [0.29, 0.717) is 24.5 Å². The molecule has 2 heterocycles. The highest BCUT2D eigenvalue weighted by Gasteiger charge is 2.19. The first-order valence-corrected chi connectivity index (χ1v) is 10.5. The molecule has 29 heavy (non-hydrogen) atoms. The number of fused-ring (bicyclic) bond motifs is 3. The molecule has 1 aliphatic rings. The van der Waals surface area contributed by atoms with E-state index in [-0.39, 0.29) is 17.9 Å².